The number of rotatable bonds is 4. The van der Waals surface area contributed by atoms with Crippen LogP contribution in [-0.2, 0) is 15.0 Å². The minimum atomic E-state index is -0.276. The summed E-state index contributed by atoms with van der Waals surface area (Å²) in [6, 6.07) is 23.4. The Morgan fingerprint density at radius 1 is 0.781 bits per heavy atom. The quantitative estimate of drug-likeness (QED) is 0.424. The number of anilines is 1. The average molecular weight is 442 g/mol. The van der Waals surface area contributed by atoms with E-state index in [1.807, 2.05) is 86.6 Å². The fourth-order valence-electron chi connectivity index (χ4n) is 3.89. The third-order valence-corrected chi connectivity index (χ3v) is 6.74. The van der Waals surface area contributed by atoms with E-state index in [4.69, 9.17) is 0 Å². The zero-order valence-corrected chi connectivity index (χ0v) is 19.9. The van der Waals surface area contributed by atoms with Crippen molar-refractivity contribution in [2.24, 2.45) is 0 Å². The molecule has 0 saturated heterocycles. The summed E-state index contributed by atoms with van der Waals surface area (Å²) in [4.78, 5) is 30.0. The second-order valence-electron chi connectivity index (χ2n) is 9.18. The molecule has 0 aromatic heterocycles. The first kappa shape index (κ1) is 22.1. The largest absolute Gasteiger partial charge is 0.272 e. The Morgan fingerprint density at radius 2 is 1.44 bits per heavy atom. The number of aryl methyl sites for hydroxylation is 2. The average Bonchev–Trinajstić information content (AvgIpc) is 2.98. The van der Waals surface area contributed by atoms with E-state index < -0.39 is 0 Å². The van der Waals surface area contributed by atoms with Gasteiger partial charge in [0.2, 0.25) is 0 Å². The molecule has 1 aliphatic rings. The standard InChI is InChI=1S/C28H27NO2S/c1-18-11-16-23(19(2)17-18)24-25(32-22-9-7-6-8-10-22)27(31)29(26(24)30)21-14-12-20(13-15-21)28(3,4)5/h6-17H,1-5H3. The molecule has 0 radical (unpaired) electrons. The lowest BCUT2D eigenvalue weighted by atomic mass is 9.87. The maximum absolute atomic E-state index is 13.7. The highest BCUT2D eigenvalue weighted by Gasteiger charge is 2.41. The van der Waals surface area contributed by atoms with Crippen molar-refractivity contribution in [3.8, 4) is 0 Å². The molecule has 3 nitrogen and oxygen atoms in total. The molecule has 3 aromatic rings. The summed E-state index contributed by atoms with van der Waals surface area (Å²) in [6.45, 7) is 10.4. The SMILES string of the molecule is Cc1ccc(C2=C(Sc3ccccc3)C(=O)N(c3ccc(C(C)(C)C)cc3)C2=O)c(C)c1. The van der Waals surface area contributed by atoms with Crippen LogP contribution in [0.5, 0.6) is 0 Å². The predicted molar refractivity (Wildman–Crippen MR) is 133 cm³/mol. The van der Waals surface area contributed by atoms with E-state index >= 15 is 0 Å². The van der Waals surface area contributed by atoms with Gasteiger partial charge in [-0.3, -0.25) is 9.59 Å². The van der Waals surface area contributed by atoms with E-state index in [0.717, 1.165) is 27.1 Å². The molecule has 1 heterocycles. The third kappa shape index (κ3) is 4.15. The van der Waals surface area contributed by atoms with Crippen molar-refractivity contribution >= 4 is 34.8 Å². The molecule has 162 valence electrons. The lowest BCUT2D eigenvalue weighted by Crippen LogP contribution is -2.31. The number of hydrogen-bond acceptors (Lipinski definition) is 3. The van der Waals surface area contributed by atoms with Gasteiger partial charge in [0.15, 0.2) is 0 Å². The molecule has 4 rings (SSSR count). The highest BCUT2D eigenvalue weighted by Crippen LogP contribution is 2.42. The minimum absolute atomic E-state index is 0.00566. The van der Waals surface area contributed by atoms with E-state index in [1.54, 1.807) is 0 Å². The number of carbonyl (C=O) groups excluding carboxylic acids is 2. The van der Waals surface area contributed by atoms with E-state index in [-0.39, 0.29) is 17.2 Å². The first-order chi connectivity index (χ1) is 15.2. The summed E-state index contributed by atoms with van der Waals surface area (Å²) in [5, 5.41) is 0. The van der Waals surface area contributed by atoms with Crippen LogP contribution in [0.1, 0.15) is 43.0 Å². The Balaban J connectivity index is 1.81. The summed E-state index contributed by atoms with van der Waals surface area (Å²) in [7, 11) is 0. The number of benzene rings is 3. The van der Waals surface area contributed by atoms with Crippen molar-refractivity contribution in [1.82, 2.24) is 0 Å². The van der Waals surface area contributed by atoms with Crippen molar-refractivity contribution in [3.05, 3.63) is 100.0 Å². The number of carbonyl (C=O) groups is 2. The monoisotopic (exact) mass is 441 g/mol. The molecule has 0 aliphatic carbocycles. The van der Waals surface area contributed by atoms with Crippen LogP contribution in [0.3, 0.4) is 0 Å². The molecule has 32 heavy (non-hydrogen) atoms. The Labute approximate surface area is 194 Å². The molecule has 0 spiro atoms. The maximum Gasteiger partial charge on any atom is 0.272 e. The number of hydrogen-bond donors (Lipinski definition) is 0. The van der Waals surface area contributed by atoms with E-state index in [0.29, 0.717) is 16.2 Å². The molecule has 2 amide bonds. The lowest BCUT2D eigenvalue weighted by molar-refractivity contribution is -0.119. The summed E-state index contributed by atoms with van der Waals surface area (Å²) >= 11 is 1.35. The number of amides is 2. The molecule has 0 bridgehead atoms. The van der Waals surface area contributed by atoms with Gasteiger partial charge in [0.1, 0.15) is 0 Å². The summed E-state index contributed by atoms with van der Waals surface area (Å²) in [5.74, 6) is -0.550. The van der Waals surface area contributed by atoms with Gasteiger partial charge in [-0.25, -0.2) is 4.90 Å². The molecule has 0 unspecified atom stereocenters. The van der Waals surface area contributed by atoms with Crippen LogP contribution in [0.2, 0.25) is 0 Å². The van der Waals surface area contributed by atoms with Crippen molar-refractivity contribution in [1.29, 1.82) is 0 Å². The van der Waals surface area contributed by atoms with Gasteiger partial charge in [-0.1, -0.05) is 86.6 Å². The Bertz CT molecular complexity index is 1220. The highest BCUT2D eigenvalue weighted by atomic mass is 32.2. The molecule has 0 N–H and O–H groups in total. The molecule has 1 aliphatic heterocycles. The van der Waals surface area contributed by atoms with Gasteiger partial charge in [0, 0.05) is 4.90 Å². The predicted octanol–water partition coefficient (Wildman–Crippen LogP) is 6.68. The molecule has 0 saturated carbocycles. The molecule has 3 aromatic carbocycles. The van der Waals surface area contributed by atoms with Crippen LogP contribution in [0, 0.1) is 13.8 Å². The Hall–Kier alpha value is -3.11. The number of nitrogens with zero attached hydrogens (tertiary/aromatic N) is 1. The van der Waals surface area contributed by atoms with Crippen LogP contribution in [0.15, 0.2) is 82.6 Å². The van der Waals surface area contributed by atoms with E-state index in [2.05, 4.69) is 20.8 Å². The first-order valence-corrected chi connectivity index (χ1v) is 11.5. The molecule has 0 atom stereocenters. The number of thioether (sulfide) groups is 1. The van der Waals surface area contributed by atoms with Crippen LogP contribution in [-0.4, -0.2) is 11.8 Å². The van der Waals surface area contributed by atoms with Gasteiger partial charge < -0.3 is 0 Å². The van der Waals surface area contributed by atoms with E-state index in [9.17, 15) is 9.59 Å². The summed E-state index contributed by atoms with van der Waals surface area (Å²) in [5.41, 5.74) is 5.13. The topological polar surface area (TPSA) is 37.4 Å². The van der Waals surface area contributed by atoms with Crippen LogP contribution < -0.4 is 4.90 Å². The maximum atomic E-state index is 13.7. The number of imide groups is 1. The lowest BCUT2D eigenvalue weighted by Gasteiger charge is -2.21. The third-order valence-electron chi connectivity index (χ3n) is 5.65. The van der Waals surface area contributed by atoms with Crippen molar-refractivity contribution < 1.29 is 9.59 Å². The molecular formula is C28H27NO2S. The van der Waals surface area contributed by atoms with Crippen molar-refractivity contribution in [2.75, 3.05) is 4.90 Å². The smallest absolute Gasteiger partial charge is 0.268 e. The van der Waals surface area contributed by atoms with E-state index in [1.165, 1.54) is 16.7 Å². The minimum Gasteiger partial charge on any atom is -0.268 e. The Kier molecular flexibility index (Phi) is 5.83. The van der Waals surface area contributed by atoms with Crippen molar-refractivity contribution in [2.45, 2.75) is 44.9 Å². The second-order valence-corrected chi connectivity index (χ2v) is 10.3. The van der Waals surface area contributed by atoms with Gasteiger partial charge in [-0.15, -0.1) is 0 Å². The zero-order chi connectivity index (χ0) is 23.0. The van der Waals surface area contributed by atoms with Gasteiger partial charge in [0.25, 0.3) is 11.8 Å². The normalized spacial score (nSPS) is 14.5. The highest BCUT2D eigenvalue weighted by molar-refractivity contribution is 8.04. The van der Waals surface area contributed by atoms with Crippen LogP contribution in [0.25, 0.3) is 5.57 Å². The summed E-state index contributed by atoms with van der Waals surface area (Å²) < 4.78 is 0. The second kappa shape index (κ2) is 8.44. The Morgan fingerprint density at radius 3 is 2.03 bits per heavy atom. The molecule has 4 heteroatoms. The fourth-order valence-corrected chi connectivity index (χ4v) is 4.89. The molecule has 0 fully saturated rings. The summed E-state index contributed by atoms with van der Waals surface area (Å²) in [6.07, 6.45) is 0. The van der Waals surface area contributed by atoms with Gasteiger partial charge >= 0.3 is 0 Å². The van der Waals surface area contributed by atoms with Gasteiger partial charge in [0.05, 0.1) is 16.2 Å². The van der Waals surface area contributed by atoms with Crippen LogP contribution in [0.4, 0.5) is 5.69 Å². The van der Waals surface area contributed by atoms with Crippen molar-refractivity contribution in [3.63, 3.8) is 0 Å². The first-order valence-electron chi connectivity index (χ1n) is 10.7. The fraction of sp³-hybridized carbons (Fsp3) is 0.214. The van der Waals surface area contributed by atoms with Gasteiger partial charge in [-0.05, 0) is 60.2 Å². The zero-order valence-electron chi connectivity index (χ0n) is 19.1. The van der Waals surface area contributed by atoms with Gasteiger partial charge in [-0.2, -0.15) is 0 Å². The van der Waals surface area contributed by atoms with Crippen LogP contribution >= 0.6 is 11.8 Å². The molecular weight excluding hydrogens is 414 g/mol.